The zero-order chi connectivity index (χ0) is 17.6. The van der Waals surface area contributed by atoms with Crippen molar-refractivity contribution in [1.82, 2.24) is 24.2 Å². The van der Waals surface area contributed by atoms with E-state index < -0.39 is 11.8 Å². The van der Waals surface area contributed by atoms with Gasteiger partial charge in [0.05, 0.1) is 12.1 Å². The van der Waals surface area contributed by atoms with Crippen LogP contribution in [-0.4, -0.2) is 36.7 Å². The Morgan fingerprint density at radius 1 is 1.28 bits per heavy atom. The second kappa shape index (κ2) is 5.87. The van der Waals surface area contributed by atoms with Crippen molar-refractivity contribution in [1.29, 1.82) is 0 Å². The van der Waals surface area contributed by atoms with E-state index in [2.05, 4.69) is 14.8 Å². The fourth-order valence-corrected chi connectivity index (χ4v) is 3.39. The molecule has 2 aromatic heterocycles. The summed E-state index contributed by atoms with van der Waals surface area (Å²) in [4.78, 5) is 26.9. The topological polar surface area (TPSA) is 86.2 Å². The average Bonchev–Trinajstić information content (AvgIpc) is 3.19. The van der Waals surface area contributed by atoms with Crippen molar-refractivity contribution in [2.45, 2.75) is 39.4 Å². The molecule has 0 fully saturated rings. The first-order chi connectivity index (χ1) is 12.1. The summed E-state index contributed by atoms with van der Waals surface area (Å²) in [5, 5.41) is 8.35. The number of carbonyl (C=O) groups is 1. The minimum absolute atomic E-state index is 0.124. The van der Waals surface area contributed by atoms with Gasteiger partial charge in [-0.15, -0.1) is 10.2 Å². The predicted octanol–water partition coefficient (Wildman–Crippen LogP) is 1.35. The van der Waals surface area contributed by atoms with Gasteiger partial charge in [0.2, 0.25) is 5.91 Å². The molecule has 25 heavy (non-hydrogen) atoms. The van der Waals surface area contributed by atoms with E-state index in [1.165, 1.54) is 4.57 Å². The van der Waals surface area contributed by atoms with Crippen LogP contribution in [0.4, 0.5) is 0 Å². The van der Waals surface area contributed by atoms with Gasteiger partial charge in [0.1, 0.15) is 11.9 Å². The Hall–Kier alpha value is -2.90. The zero-order valence-corrected chi connectivity index (χ0v) is 14.2. The number of nitrogens with zero attached hydrogens (tertiary/aromatic N) is 5. The van der Waals surface area contributed by atoms with Gasteiger partial charge < -0.3 is 13.9 Å². The monoisotopic (exact) mass is 341 g/mol. The molecule has 3 aromatic rings. The third-order valence-electron chi connectivity index (χ3n) is 4.72. The molecule has 0 aliphatic carbocycles. The lowest BCUT2D eigenvalue weighted by Crippen LogP contribution is -2.43. The number of fused-ring (bicyclic) bond motifs is 2. The molecule has 0 spiro atoms. The van der Waals surface area contributed by atoms with Crippen molar-refractivity contribution >= 4 is 17.0 Å². The van der Waals surface area contributed by atoms with E-state index in [1.54, 1.807) is 30.0 Å². The summed E-state index contributed by atoms with van der Waals surface area (Å²) in [6.07, 6.45) is 0.813. The van der Waals surface area contributed by atoms with Gasteiger partial charge in [-0.2, -0.15) is 0 Å². The van der Waals surface area contributed by atoms with Crippen LogP contribution in [-0.2, 0) is 24.3 Å². The van der Waals surface area contributed by atoms with Gasteiger partial charge in [0.15, 0.2) is 11.4 Å². The summed E-state index contributed by atoms with van der Waals surface area (Å²) in [6, 6.07) is 6.48. The SMILES string of the molecule is CCc1nnc2n1CCN(C(=O)[C@@H](C)n1c(=O)oc3ccccc31)C2. The van der Waals surface area contributed by atoms with Crippen LogP contribution in [0.2, 0.25) is 0 Å². The molecule has 8 nitrogen and oxygen atoms in total. The number of oxazole rings is 1. The summed E-state index contributed by atoms with van der Waals surface area (Å²) in [5.41, 5.74) is 1.11. The van der Waals surface area contributed by atoms with Gasteiger partial charge in [0.25, 0.3) is 0 Å². The van der Waals surface area contributed by atoms with E-state index in [0.717, 1.165) is 18.1 Å². The molecule has 4 rings (SSSR count). The minimum Gasteiger partial charge on any atom is -0.408 e. The minimum atomic E-state index is -0.642. The maximum atomic E-state index is 12.9. The number of benzene rings is 1. The summed E-state index contributed by atoms with van der Waals surface area (Å²) >= 11 is 0. The molecule has 1 atom stereocenters. The maximum absolute atomic E-state index is 12.9. The molecule has 1 amide bonds. The van der Waals surface area contributed by atoms with Gasteiger partial charge in [-0.3, -0.25) is 9.36 Å². The smallest absolute Gasteiger partial charge is 0.408 e. The Morgan fingerprint density at radius 3 is 2.88 bits per heavy atom. The van der Waals surface area contributed by atoms with Crippen molar-refractivity contribution in [2.24, 2.45) is 0 Å². The van der Waals surface area contributed by atoms with Gasteiger partial charge >= 0.3 is 5.76 Å². The van der Waals surface area contributed by atoms with Gasteiger partial charge in [-0.25, -0.2) is 4.79 Å². The highest BCUT2D eigenvalue weighted by molar-refractivity contribution is 5.83. The second-order valence-electron chi connectivity index (χ2n) is 6.18. The van der Waals surface area contributed by atoms with Crippen LogP contribution in [0.25, 0.3) is 11.1 Å². The lowest BCUT2D eigenvalue weighted by atomic mass is 10.2. The van der Waals surface area contributed by atoms with Crippen molar-refractivity contribution in [2.75, 3.05) is 6.54 Å². The van der Waals surface area contributed by atoms with Crippen LogP contribution >= 0.6 is 0 Å². The molecular weight excluding hydrogens is 322 g/mol. The first-order valence-corrected chi connectivity index (χ1v) is 8.40. The molecule has 1 aromatic carbocycles. The van der Waals surface area contributed by atoms with Crippen LogP contribution in [0, 0.1) is 0 Å². The van der Waals surface area contributed by atoms with E-state index in [1.807, 2.05) is 13.0 Å². The van der Waals surface area contributed by atoms with Crippen molar-refractivity contribution in [3.63, 3.8) is 0 Å². The number of para-hydroxylation sites is 2. The van der Waals surface area contributed by atoms with Gasteiger partial charge in [-0.1, -0.05) is 19.1 Å². The molecule has 130 valence electrons. The Labute approximate surface area is 143 Å². The highest BCUT2D eigenvalue weighted by atomic mass is 16.4. The van der Waals surface area contributed by atoms with Crippen molar-refractivity contribution in [3.05, 3.63) is 46.5 Å². The highest BCUT2D eigenvalue weighted by Crippen LogP contribution is 2.21. The van der Waals surface area contributed by atoms with Gasteiger partial charge in [-0.05, 0) is 19.1 Å². The molecule has 0 N–H and O–H groups in total. The Bertz CT molecular complexity index is 999. The Balaban J connectivity index is 1.62. The number of hydrogen-bond acceptors (Lipinski definition) is 5. The maximum Gasteiger partial charge on any atom is 0.420 e. The Kier molecular flexibility index (Phi) is 3.67. The number of rotatable bonds is 3. The van der Waals surface area contributed by atoms with Crippen molar-refractivity contribution in [3.8, 4) is 0 Å². The molecule has 0 saturated carbocycles. The first-order valence-electron chi connectivity index (χ1n) is 8.40. The third kappa shape index (κ3) is 2.45. The number of aromatic nitrogens is 4. The second-order valence-corrected chi connectivity index (χ2v) is 6.18. The van der Waals surface area contributed by atoms with Crippen molar-refractivity contribution < 1.29 is 9.21 Å². The summed E-state index contributed by atoms with van der Waals surface area (Å²) in [5.74, 6) is 1.08. The summed E-state index contributed by atoms with van der Waals surface area (Å²) in [7, 11) is 0. The van der Waals surface area contributed by atoms with Crippen LogP contribution in [0.5, 0.6) is 0 Å². The van der Waals surface area contributed by atoms with E-state index in [9.17, 15) is 9.59 Å². The molecule has 0 unspecified atom stereocenters. The quantitative estimate of drug-likeness (QED) is 0.718. The molecule has 3 heterocycles. The van der Waals surface area contributed by atoms with Crippen LogP contribution in [0.15, 0.2) is 33.5 Å². The molecule has 1 aliphatic heterocycles. The predicted molar refractivity (Wildman–Crippen MR) is 90.0 cm³/mol. The highest BCUT2D eigenvalue weighted by Gasteiger charge is 2.29. The van der Waals surface area contributed by atoms with Crippen LogP contribution in [0.3, 0.4) is 0 Å². The number of hydrogen-bond donors (Lipinski definition) is 0. The molecule has 1 aliphatic rings. The molecule has 8 heteroatoms. The molecule has 0 saturated heterocycles. The zero-order valence-electron chi connectivity index (χ0n) is 14.2. The van der Waals surface area contributed by atoms with E-state index in [4.69, 9.17) is 4.42 Å². The fraction of sp³-hybridized carbons (Fsp3) is 0.412. The number of aryl methyl sites for hydroxylation is 1. The largest absolute Gasteiger partial charge is 0.420 e. The van der Waals surface area contributed by atoms with E-state index >= 15 is 0 Å². The summed E-state index contributed by atoms with van der Waals surface area (Å²) in [6.45, 7) is 5.41. The normalized spacial score (nSPS) is 15.4. The Morgan fingerprint density at radius 2 is 2.08 bits per heavy atom. The first kappa shape index (κ1) is 15.6. The standard InChI is InChI=1S/C17H19N5O3/c1-3-14-18-19-15-10-20(8-9-21(14)15)16(23)11(2)22-12-6-4-5-7-13(12)25-17(22)24/h4-7,11H,3,8-10H2,1-2H3/t11-/m1/s1. The number of amides is 1. The molecule has 0 radical (unpaired) electrons. The fourth-order valence-electron chi connectivity index (χ4n) is 3.39. The molecule has 0 bridgehead atoms. The van der Waals surface area contributed by atoms with E-state index in [0.29, 0.717) is 30.7 Å². The number of carbonyl (C=O) groups excluding carboxylic acids is 1. The van der Waals surface area contributed by atoms with Crippen LogP contribution < -0.4 is 5.76 Å². The average molecular weight is 341 g/mol. The van der Waals surface area contributed by atoms with Gasteiger partial charge in [0, 0.05) is 19.5 Å². The van der Waals surface area contributed by atoms with Crippen LogP contribution in [0.1, 0.15) is 31.5 Å². The lowest BCUT2D eigenvalue weighted by Gasteiger charge is -2.30. The third-order valence-corrected chi connectivity index (χ3v) is 4.72. The lowest BCUT2D eigenvalue weighted by molar-refractivity contribution is -0.135. The molecular formula is C17H19N5O3. The summed E-state index contributed by atoms with van der Waals surface area (Å²) < 4.78 is 8.72. The van der Waals surface area contributed by atoms with E-state index in [-0.39, 0.29) is 5.91 Å².